The number of fused-ring (bicyclic) bond motifs is 8. The number of rotatable bonds is 42. The number of para-hydroxylation sites is 4. The molecule has 680 valence electrons. The molecular weight excluding hydrogens is 1570 g/mol. The Morgan fingerprint density at radius 1 is 0.352 bits per heavy atom. The molecule has 0 saturated heterocycles. The highest BCUT2D eigenvalue weighted by Gasteiger charge is 2.29. The summed E-state index contributed by atoms with van der Waals surface area (Å²) in [5.74, 6) is -3.33. The van der Waals surface area contributed by atoms with Crippen molar-refractivity contribution in [2.45, 2.75) is 131 Å². The number of ether oxygens (including phenoxy) is 11. The molecule has 33 heteroatoms. The van der Waals surface area contributed by atoms with E-state index < -0.39 is 65.0 Å². The Morgan fingerprint density at radius 3 is 0.918 bits per heavy atom. The molecule has 8 bridgehead atoms. The van der Waals surface area contributed by atoms with Crippen molar-refractivity contribution in [3.05, 3.63) is 117 Å². The van der Waals surface area contributed by atoms with Crippen LogP contribution < -0.4 is 66.8 Å². The maximum absolute atomic E-state index is 15.1. The van der Waals surface area contributed by atoms with Gasteiger partial charge in [0.1, 0.15) is 28.6 Å². The summed E-state index contributed by atoms with van der Waals surface area (Å²) in [6.07, 6.45) is 6.73. The third-order valence-corrected chi connectivity index (χ3v) is 19.9. The van der Waals surface area contributed by atoms with Gasteiger partial charge in [0.05, 0.1) is 137 Å². The minimum atomic E-state index is -0.693. The first-order chi connectivity index (χ1) is 59.2. The number of unbranched alkanes of at least 4 members (excludes halogenated alkanes) is 5. The lowest BCUT2D eigenvalue weighted by molar-refractivity contribution is 0.0189. The van der Waals surface area contributed by atoms with E-state index in [0.717, 1.165) is 25.7 Å². The smallest absolute Gasteiger partial charge is 0.407 e. The number of nitrogens with one attached hydrogen (secondary N) is 9. The number of nitrogens with zero attached hydrogens (tertiary/aromatic N) is 4. The van der Waals surface area contributed by atoms with Crippen molar-refractivity contribution in [2.24, 2.45) is 0 Å². The van der Waals surface area contributed by atoms with Crippen molar-refractivity contribution in [3.63, 3.8) is 0 Å². The molecule has 0 aromatic heterocycles. The zero-order valence-corrected chi connectivity index (χ0v) is 73.8. The lowest BCUT2D eigenvalue weighted by Gasteiger charge is -2.29. The lowest BCUT2D eigenvalue weighted by Crippen LogP contribution is -2.47. The van der Waals surface area contributed by atoms with E-state index in [1.165, 1.54) is 0 Å². The minimum Gasteiger partial charge on any atom is -0.492 e. The highest BCUT2D eigenvalue weighted by Crippen LogP contribution is 2.30. The fourth-order valence-corrected chi connectivity index (χ4v) is 13.1. The van der Waals surface area contributed by atoms with Gasteiger partial charge in [0.2, 0.25) is 0 Å². The van der Waals surface area contributed by atoms with Crippen LogP contribution in [-0.4, -0.2) is 322 Å². The normalized spacial score (nSPS) is 16.4. The molecule has 0 radical (unpaired) electrons. The Kier molecular flexibility index (Phi) is 49.5. The van der Waals surface area contributed by atoms with E-state index in [4.69, 9.17) is 52.1 Å². The van der Waals surface area contributed by atoms with Crippen LogP contribution in [0, 0.1) is 0 Å². The highest BCUT2D eigenvalue weighted by molar-refractivity contribution is 6.07. The molecule has 6 rings (SSSR count). The van der Waals surface area contributed by atoms with E-state index in [0.29, 0.717) is 157 Å². The molecule has 0 spiro atoms. The van der Waals surface area contributed by atoms with Crippen LogP contribution in [0.5, 0.6) is 23.0 Å². The van der Waals surface area contributed by atoms with Crippen LogP contribution in [0.1, 0.15) is 202 Å². The summed E-state index contributed by atoms with van der Waals surface area (Å²) in [7, 11) is 3.21. The van der Waals surface area contributed by atoms with Gasteiger partial charge in [0.15, 0.2) is 0 Å². The van der Waals surface area contributed by atoms with Gasteiger partial charge in [-0.3, -0.25) is 58.0 Å². The molecule has 122 heavy (non-hydrogen) atoms. The molecule has 9 amide bonds. The monoisotopic (exact) mass is 1710 g/mol. The first-order valence-corrected chi connectivity index (χ1v) is 43.7. The standard InChI is InChI=1S/C89H139N13O20/c1-10-14-52-118-76-68-25-20-28-71(76)83(106)94-38-45-101(50-56-114-62-64-116-60-58-112-8)46-39-95-84(107)72-29-21-26-69(77(72)119-53-15-11-2)81(104)91-35-42-99(41-34-90-80(68)103)48-49-100-43-36-92-82(105)70-27-22-30-73(78(70)120-54-16-12-3)85(108)96-40-47-102(51-57-115-63-65-117-61-59-113-9)66-67(24-18-19-33-97-88(111)122-89(5,6)7)98-87(110)75-32-23-31-74(86(109)93-37-44-100)79(75)121-55-17-13-4/h20-23,25-32,67H,10-19,24,33-66H2,1-9H3,(H,90,103)(H,91,104)(H,92,105)(H,93,109)(H,94,106)(H,95,107)(H,96,108)(H,97,111)(H,98,110). The van der Waals surface area contributed by atoms with Gasteiger partial charge < -0.3 is 100.0 Å². The lowest BCUT2D eigenvalue weighted by atomic mass is 10.0. The Morgan fingerprint density at radius 2 is 0.623 bits per heavy atom. The topological polar surface area (TPSA) is 376 Å². The molecule has 0 aliphatic carbocycles. The number of hydrogen-bond acceptors (Lipinski definition) is 24. The number of methoxy groups -OCH3 is 2. The molecule has 4 aromatic carbocycles. The van der Waals surface area contributed by atoms with Gasteiger partial charge >= 0.3 is 6.09 Å². The quantitative estimate of drug-likeness (QED) is 0.0202. The maximum atomic E-state index is 15.1. The zero-order valence-electron chi connectivity index (χ0n) is 73.8. The van der Waals surface area contributed by atoms with E-state index in [2.05, 4.69) is 62.6 Å². The number of carbonyl (C=O) groups excluding carboxylic acids is 9. The average molecular weight is 1710 g/mol. The number of benzene rings is 4. The molecule has 4 aromatic rings. The Balaban J connectivity index is 1.35. The SMILES string of the molecule is CCCCOc1c2cccc1C(=O)NCCN(CCN1CCNC(=O)c3cccc(c3OCCCC)C(=O)NCCN(CCOCCOCCOC)CC(CCCCNC(=O)OC(C)(C)C)NC(=O)c3cccc(c3OCCCC)C(=O)NCC1)CCNC(=O)c1cccc(c1OCCCC)C(=O)NCCN(CCOCCOCCOC)CCNC2=O. The zero-order chi connectivity index (χ0) is 88.0. The Hall–Kier alpha value is -9.29. The van der Waals surface area contributed by atoms with Crippen molar-refractivity contribution < 1.29 is 95.3 Å². The molecule has 1 atom stereocenters. The highest BCUT2D eigenvalue weighted by atomic mass is 16.6. The van der Waals surface area contributed by atoms with E-state index >= 15 is 4.79 Å². The van der Waals surface area contributed by atoms with Gasteiger partial charge in [0, 0.05) is 151 Å². The predicted molar refractivity (Wildman–Crippen MR) is 466 cm³/mol. The van der Waals surface area contributed by atoms with Gasteiger partial charge in [-0.15, -0.1) is 0 Å². The van der Waals surface area contributed by atoms with E-state index in [-0.39, 0.29) is 179 Å². The number of carbonyl (C=O) groups is 9. The first kappa shape index (κ1) is 102. The third kappa shape index (κ3) is 38.2. The Labute approximate surface area is 721 Å². The summed E-state index contributed by atoms with van der Waals surface area (Å²) in [5, 5.41) is 27.6. The third-order valence-electron chi connectivity index (χ3n) is 19.9. The number of amides is 9. The van der Waals surface area contributed by atoms with Crippen molar-refractivity contribution in [2.75, 3.05) is 238 Å². The van der Waals surface area contributed by atoms with Crippen LogP contribution >= 0.6 is 0 Å². The van der Waals surface area contributed by atoms with E-state index in [1.807, 2.05) is 32.6 Å². The maximum Gasteiger partial charge on any atom is 0.407 e. The van der Waals surface area contributed by atoms with Gasteiger partial charge in [-0.05, 0) is 114 Å². The van der Waals surface area contributed by atoms with Crippen molar-refractivity contribution in [1.29, 1.82) is 0 Å². The van der Waals surface area contributed by atoms with E-state index in [9.17, 15) is 38.4 Å². The van der Waals surface area contributed by atoms with Crippen LogP contribution in [-0.2, 0) is 33.2 Å². The molecule has 33 nitrogen and oxygen atoms in total. The molecule has 0 saturated carbocycles. The van der Waals surface area contributed by atoms with Crippen LogP contribution in [0.3, 0.4) is 0 Å². The minimum absolute atomic E-state index is 0.0714. The first-order valence-electron chi connectivity index (χ1n) is 43.7. The molecule has 2 aliphatic heterocycles. The van der Waals surface area contributed by atoms with E-state index in [1.54, 1.807) is 108 Å². The van der Waals surface area contributed by atoms with Crippen LogP contribution in [0.2, 0.25) is 0 Å². The Bertz CT molecular complexity index is 3700. The second-order valence-electron chi connectivity index (χ2n) is 30.7. The molecule has 1 unspecified atom stereocenters. The van der Waals surface area contributed by atoms with Crippen molar-refractivity contribution >= 4 is 53.4 Å². The van der Waals surface area contributed by atoms with Crippen molar-refractivity contribution in [1.82, 2.24) is 67.5 Å². The second kappa shape index (κ2) is 59.5. The van der Waals surface area contributed by atoms with Crippen LogP contribution in [0.25, 0.3) is 0 Å². The van der Waals surface area contributed by atoms with Crippen LogP contribution in [0.4, 0.5) is 4.79 Å². The summed E-state index contributed by atoms with van der Waals surface area (Å²) < 4.78 is 64.3. The number of alkyl carbamates (subject to hydrolysis) is 1. The van der Waals surface area contributed by atoms with Gasteiger partial charge in [0.25, 0.3) is 47.3 Å². The largest absolute Gasteiger partial charge is 0.492 e. The summed E-state index contributed by atoms with van der Waals surface area (Å²) in [4.78, 5) is 138. The molecule has 0 fully saturated rings. The summed E-state index contributed by atoms with van der Waals surface area (Å²) in [5.41, 5.74) is 0.552. The van der Waals surface area contributed by atoms with Gasteiger partial charge in [-0.1, -0.05) is 77.6 Å². The average Bonchev–Trinajstić information content (AvgIpc) is 0.832. The summed E-state index contributed by atoms with van der Waals surface area (Å²) in [6.45, 7) is 23.0. The second-order valence-corrected chi connectivity index (χ2v) is 30.7. The number of hydrogen-bond donors (Lipinski definition) is 9. The molecular formula is C89H139N13O20. The van der Waals surface area contributed by atoms with Gasteiger partial charge in [-0.2, -0.15) is 0 Å². The molecule has 2 heterocycles. The molecule has 2 aliphatic rings. The molecule has 9 N–H and O–H groups in total. The summed E-state index contributed by atoms with van der Waals surface area (Å²) >= 11 is 0. The fraction of sp³-hybridized carbons (Fsp3) is 0.629. The van der Waals surface area contributed by atoms with Crippen molar-refractivity contribution in [3.8, 4) is 23.0 Å². The fourth-order valence-electron chi connectivity index (χ4n) is 13.1. The van der Waals surface area contributed by atoms with Crippen LogP contribution in [0.15, 0.2) is 72.8 Å². The van der Waals surface area contributed by atoms with Gasteiger partial charge in [-0.25, -0.2) is 4.79 Å². The predicted octanol–water partition coefficient (Wildman–Crippen LogP) is 7.00. The summed E-state index contributed by atoms with van der Waals surface area (Å²) in [6, 6.07) is 19.0.